The predicted octanol–water partition coefficient (Wildman–Crippen LogP) is 4.41. The first-order valence-electron chi connectivity index (χ1n) is 7.28. The summed E-state index contributed by atoms with van der Waals surface area (Å²) < 4.78 is 5.26. The summed E-state index contributed by atoms with van der Waals surface area (Å²) in [6.07, 6.45) is 0.395. The summed E-state index contributed by atoms with van der Waals surface area (Å²) in [5, 5.41) is 0. The lowest BCUT2D eigenvalue weighted by molar-refractivity contribution is -0.154. The molecule has 0 spiro atoms. The molecule has 0 heterocycles. The molecule has 0 saturated heterocycles. The monoisotopic (exact) mass is 320 g/mol. The quantitative estimate of drug-likeness (QED) is 0.323. The zero-order valence-electron chi connectivity index (χ0n) is 13.8. The SMILES string of the molecule is C=C(C)C(=O)c1cccc(CSCCC(=O)OC(C)(C)C)c1. The van der Waals surface area contributed by atoms with Crippen molar-refractivity contribution < 1.29 is 14.3 Å². The van der Waals surface area contributed by atoms with Crippen LogP contribution in [0.3, 0.4) is 0 Å². The first-order valence-corrected chi connectivity index (χ1v) is 8.43. The lowest BCUT2D eigenvalue weighted by atomic mass is 10.0. The van der Waals surface area contributed by atoms with E-state index in [0.717, 1.165) is 11.3 Å². The van der Waals surface area contributed by atoms with Gasteiger partial charge in [0.15, 0.2) is 5.78 Å². The largest absolute Gasteiger partial charge is 0.460 e. The fourth-order valence-corrected chi connectivity index (χ4v) is 2.66. The average molecular weight is 320 g/mol. The zero-order valence-corrected chi connectivity index (χ0v) is 14.6. The van der Waals surface area contributed by atoms with Crippen molar-refractivity contribution in [3.63, 3.8) is 0 Å². The average Bonchev–Trinajstić information content (AvgIpc) is 2.41. The van der Waals surface area contributed by atoms with Gasteiger partial charge in [-0.1, -0.05) is 24.8 Å². The van der Waals surface area contributed by atoms with Crippen LogP contribution in [0.25, 0.3) is 0 Å². The molecular formula is C18H24O3S. The number of allylic oxidation sites excluding steroid dienone is 1. The molecule has 0 radical (unpaired) electrons. The zero-order chi connectivity index (χ0) is 16.8. The lowest BCUT2D eigenvalue weighted by Gasteiger charge is -2.19. The van der Waals surface area contributed by atoms with Gasteiger partial charge in [0.25, 0.3) is 0 Å². The normalized spacial score (nSPS) is 11.1. The molecule has 0 fully saturated rings. The first-order chi connectivity index (χ1) is 10.2. The van der Waals surface area contributed by atoms with Crippen LogP contribution < -0.4 is 0 Å². The van der Waals surface area contributed by atoms with Crippen LogP contribution in [0.15, 0.2) is 36.4 Å². The Hall–Kier alpha value is -1.55. The molecule has 0 aromatic heterocycles. The minimum absolute atomic E-state index is 0.0272. The van der Waals surface area contributed by atoms with Gasteiger partial charge in [-0.2, -0.15) is 11.8 Å². The summed E-state index contributed by atoms with van der Waals surface area (Å²) in [4.78, 5) is 23.5. The third-order valence-corrected chi connectivity index (χ3v) is 3.75. The van der Waals surface area contributed by atoms with Gasteiger partial charge in [0.05, 0.1) is 6.42 Å². The molecule has 22 heavy (non-hydrogen) atoms. The van der Waals surface area contributed by atoms with Gasteiger partial charge in [-0.15, -0.1) is 0 Å². The van der Waals surface area contributed by atoms with Crippen molar-refractivity contribution in [2.75, 3.05) is 5.75 Å². The standard InChI is InChI=1S/C18H24O3S/c1-13(2)17(20)15-8-6-7-14(11-15)12-22-10-9-16(19)21-18(3,4)5/h6-8,11H,1,9-10,12H2,2-5H3. The molecule has 1 aromatic carbocycles. The molecule has 4 heteroatoms. The second kappa shape index (κ2) is 8.18. The second-order valence-electron chi connectivity index (χ2n) is 6.20. The maximum atomic E-state index is 11.9. The molecule has 0 aliphatic carbocycles. The first kappa shape index (κ1) is 18.5. The van der Waals surface area contributed by atoms with Crippen LogP contribution >= 0.6 is 11.8 Å². The fourth-order valence-electron chi connectivity index (χ4n) is 1.79. The van der Waals surface area contributed by atoms with E-state index in [1.54, 1.807) is 24.8 Å². The maximum absolute atomic E-state index is 11.9. The summed E-state index contributed by atoms with van der Waals surface area (Å²) in [5.74, 6) is 1.26. The van der Waals surface area contributed by atoms with Gasteiger partial charge in [0.1, 0.15) is 5.60 Å². The van der Waals surface area contributed by atoms with Crippen LogP contribution in [0, 0.1) is 0 Å². The Labute approximate surface area is 137 Å². The van der Waals surface area contributed by atoms with E-state index in [-0.39, 0.29) is 11.8 Å². The lowest BCUT2D eigenvalue weighted by Crippen LogP contribution is -2.24. The second-order valence-corrected chi connectivity index (χ2v) is 7.30. The van der Waals surface area contributed by atoms with E-state index in [0.29, 0.717) is 23.3 Å². The van der Waals surface area contributed by atoms with Gasteiger partial charge in [-0.25, -0.2) is 0 Å². The van der Waals surface area contributed by atoms with E-state index in [2.05, 4.69) is 6.58 Å². The van der Waals surface area contributed by atoms with Crippen molar-refractivity contribution >= 4 is 23.5 Å². The van der Waals surface area contributed by atoms with Crippen LogP contribution in [-0.4, -0.2) is 23.1 Å². The van der Waals surface area contributed by atoms with Crippen LogP contribution in [0.2, 0.25) is 0 Å². The molecule has 3 nitrogen and oxygen atoms in total. The van der Waals surface area contributed by atoms with E-state index in [1.165, 1.54) is 0 Å². The molecule has 120 valence electrons. The van der Waals surface area contributed by atoms with Gasteiger partial charge in [0.2, 0.25) is 0 Å². The summed E-state index contributed by atoms with van der Waals surface area (Å²) in [7, 11) is 0. The third-order valence-electron chi connectivity index (χ3n) is 2.72. The van der Waals surface area contributed by atoms with Crippen LogP contribution in [0.5, 0.6) is 0 Å². The molecule has 0 N–H and O–H groups in total. The Balaban J connectivity index is 2.43. The summed E-state index contributed by atoms with van der Waals surface area (Å²) >= 11 is 1.65. The Bertz CT molecular complexity index is 556. The Morgan fingerprint density at radius 3 is 2.55 bits per heavy atom. The van der Waals surface area contributed by atoms with E-state index >= 15 is 0 Å². The van der Waals surface area contributed by atoms with E-state index in [4.69, 9.17) is 4.74 Å². The van der Waals surface area contributed by atoms with Crippen LogP contribution in [0.1, 0.15) is 50.0 Å². The number of ketones is 1. The van der Waals surface area contributed by atoms with Crippen LogP contribution in [-0.2, 0) is 15.3 Å². The fraction of sp³-hybridized carbons (Fsp3) is 0.444. The predicted molar refractivity (Wildman–Crippen MR) is 92.2 cm³/mol. The van der Waals surface area contributed by atoms with Gasteiger partial charge in [-0.3, -0.25) is 9.59 Å². The van der Waals surface area contributed by atoms with Gasteiger partial charge in [-0.05, 0) is 44.9 Å². The summed E-state index contributed by atoms with van der Waals surface area (Å²) in [6, 6.07) is 7.54. The molecule has 0 bridgehead atoms. The molecule has 0 atom stereocenters. The van der Waals surface area contributed by atoms with Crippen molar-refractivity contribution in [2.24, 2.45) is 0 Å². The number of Topliss-reactive ketones (excluding diaryl/α,β-unsaturated/α-hetero) is 1. The van der Waals surface area contributed by atoms with Crippen molar-refractivity contribution in [3.05, 3.63) is 47.5 Å². The molecule has 1 rings (SSSR count). The van der Waals surface area contributed by atoms with E-state index in [1.807, 2.05) is 39.0 Å². The molecule has 0 aliphatic rings. The van der Waals surface area contributed by atoms with Gasteiger partial charge in [0, 0.05) is 17.1 Å². The highest BCUT2D eigenvalue weighted by Gasteiger charge is 2.15. The molecule has 0 amide bonds. The van der Waals surface area contributed by atoms with Crippen molar-refractivity contribution in [1.29, 1.82) is 0 Å². The Morgan fingerprint density at radius 1 is 1.27 bits per heavy atom. The van der Waals surface area contributed by atoms with Gasteiger partial charge >= 0.3 is 5.97 Å². The number of hydrogen-bond donors (Lipinski definition) is 0. The minimum atomic E-state index is -0.432. The highest BCUT2D eigenvalue weighted by molar-refractivity contribution is 7.98. The maximum Gasteiger partial charge on any atom is 0.307 e. The number of ether oxygens (including phenoxy) is 1. The number of carbonyl (C=O) groups is 2. The van der Waals surface area contributed by atoms with Crippen molar-refractivity contribution in [1.82, 2.24) is 0 Å². The summed E-state index contributed by atoms with van der Waals surface area (Å²) in [5.41, 5.74) is 1.84. The Kier molecular flexibility index (Phi) is 6.88. The Morgan fingerprint density at radius 2 is 1.95 bits per heavy atom. The number of hydrogen-bond acceptors (Lipinski definition) is 4. The van der Waals surface area contributed by atoms with Gasteiger partial charge < -0.3 is 4.74 Å². The van der Waals surface area contributed by atoms with Crippen molar-refractivity contribution in [3.8, 4) is 0 Å². The number of thioether (sulfide) groups is 1. The summed E-state index contributed by atoms with van der Waals surface area (Å²) in [6.45, 7) is 11.0. The molecule has 1 aromatic rings. The van der Waals surface area contributed by atoms with E-state index in [9.17, 15) is 9.59 Å². The number of rotatable bonds is 7. The van der Waals surface area contributed by atoms with E-state index < -0.39 is 5.60 Å². The minimum Gasteiger partial charge on any atom is -0.460 e. The number of carbonyl (C=O) groups excluding carboxylic acids is 2. The molecular weight excluding hydrogens is 296 g/mol. The molecule has 0 unspecified atom stereocenters. The number of esters is 1. The van der Waals surface area contributed by atoms with Crippen molar-refractivity contribution in [2.45, 2.75) is 45.5 Å². The molecule has 0 aliphatic heterocycles. The van der Waals surface area contributed by atoms with Crippen LogP contribution in [0.4, 0.5) is 0 Å². The highest BCUT2D eigenvalue weighted by Crippen LogP contribution is 2.17. The molecule has 0 saturated carbocycles. The number of benzene rings is 1. The third kappa shape index (κ3) is 6.94. The topological polar surface area (TPSA) is 43.4 Å². The smallest absolute Gasteiger partial charge is 0.307 e. The highest BCUT2D eigenvalue weighted by atomic mass is 32.2.